The van der Waals surface area contributed by atoms with Crippen LogP contribution in [0, 0.1) is 6.92 Å². The smallest absolute Gasteiger partial charge is 0.132 e. The molecule has 3 nitrogen and oxygen atoms in total. The van der Waals surface area contributed by atoms with E-state index in [0.717, 1.165) is 42.1 Å². The summed E-state index contributed by atoms with van der Waals surface area (Å²) in [5, 5.41) is 0.754. The molecular weight excluding hydrogens is 230 g/mol. The molecule has 94 valence electrons. The molecule has 0 saturated carbocycles. The third kappa shape index (κ3) is 3.12. The van der Waals surface area contributed by atoms with Gasteiger partial charge >= 0.3 is 0 Å². The van der Waals surface area contributed by atoms with Crippen LogP contribution in [0.5, 0.6) is 0 Å². The third-order valence-electron chi connectivity index (χ3n) is 3.16. The van der Waals surface area contributed by atoms with Gasteiger partial charge in [-0.3, -0.25) is 0 Å². The van der Waals surface area contributed by atoms with Crippen molar-refractivity contribution >= 4 is 17.6 Å². The van der Waals surface area contributed by atoms with Crippen LogP contribution in [0.2, 0.25) is 0 Å². The van der Waals surface area contributed by atoms with E-state index in [2.05, 4.69) is 46.5 Å². The maximum absolute atomic E-state index is 4.58. The molecule has 0 bridgehead atoms. The van der Waals surface area contributed by atoms with Crippen molar-refractivity contribution in [1.82, 2.24) is 9.97 Å². The van der Waals surface area contributed by atoms with Crippen LogP contribution in [0.1, 0.15) is 31.8 Å². The molecule has 0 amide bonds. The minimum atomic E-state index is 0.754. The van der Waals surface area contributed by atoms with Crippen LogP contribution in [0.4, 0.5) is 5.82 Å². The molecule has 2 rings (SSSR count). The number of aryl methyl sites for hydroxylation is 2. The van der Waals surface area contributed by atoms with E-state index in [9.17, 15) is 0 Å². The van der Waals surface area contributed by atoms with Gasteiger partial charge in [-0.25, -0.2) is 9.97 Å². The van der Waals surface area contributed by atoms with Gasteiger partial charge in [-0.1, -0.05) is 13.8 Å². The van der Waals surface area contributed by atoms with Crippen LogP contribution < -0.4 is 4.90 Å². The molecule has 1 aliphatic heterocycles. The van der Waals surface area contributed by atoms with Gasteiger partial charge in [0.05, 0.1) is 0 Å². The first-order valence-electron chi connectivity index (χ1n) is 6.44. The lowest BCUT2D eigenvalue weighted by molar-refractivity contribution is 0.715. The Hall–Kier alpha value is -0.770. The zero-order valence-corrected chi connectivity index (χ0v) is 11.8. The summed E-state index contributed by atoms with van der Waals surface area (Å²) in [6.07, 6.45) is 2.22. The van der Waals surface area contributed by atoms with Crippen molar-refractivity contribution in [1.29, 1.82) is 0 Å². The van der Waals surface area contributed by atoms with E-state index >= 15 is 0 Å². The zero-order chi connectivity index (χ0) is 12.3. The van der Waals surface area contributed by atoms with Gasteiger partial charge in [-0.2, -0.15) is 11.8 Å². The van der Waals surface area contributed by atoms with E-state index in [0.29, 0.717) is 0 Å². The molecule has 1 saturated heterocycles. The van der Waals surface area contributed by atoms with Crippen molar-refractivity contribution < 1.29 is 0 Å². The van der Waals surface area contributed by atoms with Crippen LogP contribution in [-0.4, -0.2) is 34.1 Å². The number of aromatic nitrogens is 2. The second-order valence-electron chi connectivity index (χ2n) is 4.47. The van der Waals surface area contributed by atoms with Crippen LogP contribution in [0.15, 0.2) is 6.07 Å². The summed E-state index contributed by atoms with van der Waals surface area (Å²) in [5.41, 5.74) is 1.15. The lowest BCUT2D eigenvalue weighted by atomic mass is 10.2. The van der Waals surface area contributed by atoms with Gasteiger partial charge in [-0.05, 0) is 19.8 Å². The number of thioether (sulfide) groups is 1. The Balaban J connectivity index is 2.18. The first kappa shape index (κ1) is 12.7. The molecule has 1 unspecified atom stereocenters. The molecule has 1 aromatic heterocycles. The summed E-state index contributed by atoms with van der Waals surface area (Å²) in [7, 11) is 0. The normalized spacial score (nSPS) is 20.6. The maximum Gasteiger partial charge on any atom is 0.132 e. The molecule has 17 heavy (non-hydrogen) atoms. The third-order valence-corrected chi connectivity index (χ3v) is 4.53. The van der Waals surface area contributed by atoms with Crippen molar-refractivity contribution in [3.63, 3.8) is 0 Å². The highest BCUT2D eigenvalue weighted by molar-refractivity contribution is 8.00. The Bertz CT molecular complexity index is 381. The van der Waals surface area contributed by atoms with E-state index < -0.39 is 0 Å². The number of hydrogen-bond donors (Lipinski definition) is 0. The summed E-state index contributed by atoms with van der Waals surface area (Å²) >= 11 is 2.09. The summed E-state index contributed by atoms with van der Waals surface area (Å²) in [6, 6.07) is 2.15. The summed E-state index contributed by atoms with van der Waals surface area (Å²) < 4.78 is 0. The van der Waals surface area contributed by atoms with Gasteiger partial charge in [-0.15, -0.1) is 0 Å². The average Bonchev–Trinajstić information content (AvgIpc) is 2.38. The first-order valence-corrected chi connectivity index (χ1v) is 7.49. The predicted octanol–water partition coefficient (Wildman–Crippen LogP) is 2.68. The molecule has 0 radical (unpaired) electrons. The Morgan fingerprint density at radius 3 is 2.94 bits per heavy atom. The van der Waals surface area contributed by atoms with Gasteiger partial charge in [0.15, 0.2) is 0 Å². The van der Waals surface area contributed by atoms with E-state index in [1.165, 1.54) is 12.2 Å². The second kappa shape index (κ2) is 5.71. The number of nitrogens with zero attached hydrogens (tertiary/aromatic N) is 3. The first-order chi connectivity index (χ1) is 8.22. The number of hydrogen-bond acceptors (Lipinski definition) is 4. The summed E-state index contributed by atoms with van der Waals surface area (Å²) in [5.74, 6) is 3.22. The molecule has 1 aliphatic rings. The monoisotopic (exact) mass is 251 g/mol. The van der Waals surface area contributed by atoms with Crippen molar-refractivity contribution in [3.05, 3.63) is 17.6 Å². The van der Waals surface area contributed by atoms with Crippen LogP contribution >= 0.6 is 11.8 Å². The Morgan fingerprint density at radius 1 is 1.41 bits per heavy atom. The number of rotatable bonds is 3. The fraction of sp³-hybridized carbons (Fsp3) is 0.692. The Morgan fingerprint density at radius 2 is 2.24 bits per heavy atom. The molecule has 0 spiro atoms. The highest BCUT2D eigenvalue weighted by Gasteiger charge is 2.20. The second-order valence-corrected chi connectivity index (χ2v) is 5.87. The van der Waals surface area contributed by atoms with E-state index in [1.807, 2.05) is 6.92 Å². The molecule has 0 aromatic carbocycles. The molecular formula is C13H21N3S. The molecule has 0 aliphatic carbocycles. The average molecular weight is 251 g/mol. The largest absolute Gasteiger partial charge is 0.355 e. The van der Waals surface area contributed by atoms with Gasteiger partial charge in [0.25, 0.3) is 0 Å². The van der Waals surface area contributed by atoms with Gasteiger partial charge < -0.3 is 4.90 Å². The van der Waals surface area contributed by atoms with Gasteiger partial charge in [0.1, 0.15) is 11.6 Å². The standard InChI is InChI=1S/C13H21N3S/c1-4-11-8-13(15-10(3)14-11)16-6-7-17-12(5-2)9-16/h8,12H,4-7,9H2,1-3H3. The summed E-state index contributed by atoms with van der Waals surface area (Å²) in [6.45, 7) is 8.64. The molecule has 1 fully saturated rings. The maximum atomic E-state index is 4.58. The summed E-state index contributed by atoms with van der Waals surface area (Å²) in [4.78, 5) is 11.4. The van der Waals surface area contributed by atoms with Crippen molar-refractivity contribution in [2.24, 2.45) is 0 Å². The van der Waals surface area contributed by atoms with E-state index in [1.54, 1.807) is 0 Å². The molecule has 2 heterocycles. The Labute approximate surface area is 108 Å². The van der Waals surface area contributed by atoms with E-state index in [4.69, 9.17) is 0 Å². The molecule has 1 atom stereocenters. The van der Waals surface area contributed by atoms with Gasteiger partial charge in [0.2, 0.25) is 0 Å². The fourth-order valence-corrected chi connectivity index (χ4v) is 3.31. The van der Waals surface area contributed by atoms with Crippen molar-refractivity contribution in [2.45, 2.75) is 38.9 Å². The Kier molecular flexibility index (Phi) is 4.26. The highest BCUT2D eigenvalue weighted by atomic mass is 32.2. The van der Waals surface area contributed by atoms with Crippen LogP contribution in [-0.2, 0) is 6.42 Å². The zero-order valence-electron chi connectivity index (χ0n) is 10.9. The molecule has 4 heteroatoms. The minimum absolute atomic E-state index is 0.754. The fourth-order valence-electron chi connectivity index (χ4n) is 2.13. The van der Waals surface area contributed by atoms with E-state index in [-0.39, 0.29) is 0 Å². The predicted molar refractivity (Wildman–Crippen MR) is 74.9 cm³/mol. The van der Waals surface area contributed by atoms with Gasteiger partial charge in [0, 0.05) is 35.9 Å². The SMILES string of the molecule is CCc1cc(N2CCSC(CC)C2)nc(C)n1. The van der Waals surface area contributed by atoms with Crippen LogP contribution in [0.25, 0.3) is 0 Å². The topological polar surface area (TPSA) is 29.0 Å². The molecule has 0 N–H and O–H groups in total. The van der Waals surface area contributed by atoms with Crippen molar-refractivity contribution in [3.8, 4) is 0 Å². The lowest BCUT2D eigenvalue weighted by Crippen LogP contribution is -2.38. The van der Waals surface area contributed by atoms with Crippen LogP contribution in [0.3, 0.4) is 0 Å². The van der Waals surface area contributed by atoms with Crippen molar-refractivity contribution in [2.75, 3.05) is 23.7 Å². The number of anilines is 1. The lowest BCUT2D eigenvalue weighted by Gasteiger charge is -2.33. The highest BCUT2D eigenvalue weighted by Crippen LogP contribution is 2.25. The molecule has 1 aromatic rings. The quantitative estimate of drug-likeness (QED) is 0.826. The minimum Gasteiger partial charge on any atom is -0.355 e.